The number of carbonyl (C=O) groups excluding carboxylic acids is 1. The number of amides is 1. The van der Waals surface area contributed by atoms with Crippen molar-refractivity contribution in [2.24, 2.45) is 4.99 Å². The fourth-order valence-electron chi connectivity index (χ4n) is 3.12. The Labute approximate surface area is 198 Å². The van der Waals surface area contributed by atoms with Crippen molar-refractivity contribution in [3.63, 3.8) is 0 Å². The number of morpholine rings is 1. The van der Waals surface area contributed by atoms with E-state index in [0.717, 1.165) is 57.3 Å². The molecular formula is C22H38IN5O2. The van der Waals surface area contributed by atoms with Crippen molar-refractivity contribution in [1.29, 1.82) is 0 Å². The molecule has 2 atom stereocenters. The van der Waals surface area contributed by atoms with Crippen LogP contribution in [0.25, 0.3) is 0 Å². The first-order valence-corrected chi connectivity index (χ1v) is 10.8. The minimum atomic E-state index is -0.0328. The van der Waals surface area contributed by atoms with E-state index in [2.05, 4.69) is 41.6 Å². The maximum atomic E-state index is 12.3. The van der Waals surface area contributed by atoms with Crippen molar-refractivity contribution in [3.05, 3.63) is 35.4 Å². The van der Waals surface area contributed by atoms with Crippen LogP contribution in [0.2, 0.25) is 0 Å². The van der Waals surface area contributed by atoms with Crippen molar-refractivity contribution < 1.29 is 9.53 Å². The summed E-state index contributed by atoms with van der Waals surface area (Å²) >= 11 is 0. The van der Waals surface area contributed by atoms with Crippen molar-refractivity contribution in [1.82, 2.24) is 20.9 Å². The Kier molecular flexibility index (Phi) is 13.0. The van der Waals surface area contributed by atoms with Gasteiger partial charge >= 0.3 is 0 Å². The molecule has 1 aromatic carbocycles. The fourth-order valence-corrected chi connectivity index (χ4v) is 3.12. The molecule has 3 N–H and O–H groups in total. The Hall–Kier alpha value is -1.39. The van der Waals surface area contributed by atoms with Gasteiger partial charge in [-0.3, -0.25) is 9.69 Å². The number of nitrogens with one attached hydrogen (secondary N) is 3. The molecule has 1 aliphatic rings. The average Bonchev–Trinajstić information content (AvgIpc) is 2.76. The zero-order valence-electron chi connectivity index (χ0n) is 18.7. The van der Waals surface area contributed by atoms with E-state index in [9.17, 15) is 4.79 Å². The van der Waals surface area contributed by atoms with Gasteiger partial charge in [0.1, 0.15) is 0 Å². The van der Waals surface area contributed by atoms with Crippen molar-refractivity contribution in [2.75, 3.05) is 39.4 Å². The van der Waals surface area contributed by atoms with E-state index >= 15 is 0 Å². The van der Waals surface area contributed by atoms with Crippen molar-refractivity contribution in [2.45, 2.75) is 52.7 Å². The summed E-state index contributed by atoms with van der Waals surface area (Å²) in [6.07, 6.45) is 0.913. The number of hydrogen-bond acceptors (Lipinski definition) is 4. The van der Waals surface area contributed by atoms with E-state index < -0.39 is 0 Å². The lowest BCUT2D eigenvalue weighted by Crippen LogP contribution is -2.49. The maximum Gasteiger partial charge on any atom is 0.251 e. The molecule has 1 amide bonds. The number of ether oxygens (including phenoxy) is 1. The van der Waals surface area contributed by atoms with Gasteiger partial charge in [-0.15, -0.1) is 24.0 Å². The minimum absolute atomic E-state index is 0. The van der Waals surface area contributed by atoms with Crippen LogP contribution in [0.1, 0.15) is 50.0 Å². The normalized spacial score (nSPS) is 16.9. The second kappa shape index (κ2) is 14.6. The molecule has 0 bridgehead atoms. The molecule has 30 heavy (non-hydrogen) atoms. The van der Waals surface area contributed by atoms with Gasteiger partial charge in [-0.05, 0) is 44.9 Å². The lowest BCUT2D eigenvalue weighted by Gasteiger charge is -2.32. The number of benzene rings is 1. The molecule has 2 unspecified atom stereocenters. The summed E-state index contributed by atoms with van der Waals surface area (Å²) in [6, 6.07) is 8.26. The Morgan fingerprint density at radius 2 is 1.93 bits per heavy atom. The van der Waals surface area contributed by atoms with E-state index in [0.29, 0.717) is 18.2 Å². The third-order valence-corrected chi connectivity index (χ3v) is 5.18. The highest BCUT2D eigenvalue weighted by atomic mass is 127. The molecule has 0 radical (unpaired) electrons. The molecule has 1 heterocycles. The number of halogens is 1. The predicted octanol–water partition coefficient (Wildman–Crippen LogP) is 2.61. The van der Waals surface area contributed by atoms with Crippen molar-refractivity contribution >= 4 is 35.8 Å². The molecule has 8 heteroatoms. The molecule has 0 spiro atoms. The van der Waals surface area contributed by atoms with Gasteiger partial charge in [0.25, 0.3) is 5.91 Å². The van der Waals surface area contributed by atoms with Crippen LogP contribution in [0, 0.1) is 0 Å². The van der Waals surface area contributed by atoms with Gasteiger partial charge in [-0.2, -0.15) is 0 Å². The molecule has 1 aliphatic heterocycles. The Morgan fingerprint density at radius 3 is 2.60 bits per heavy atom. The monoisotopic (exact) mass is 531 g/mol. The van der Waals surface area contributed by atoms with Crippen LogP contribution in [-0.4, -0.2) is 68.2 Å². The van der Waals surface area contributed by atoms with Crippen LogP contribution in [0.4, 0.5) is 0 Å². The minimum Gasteiger partial charge on any atom is -0.379 e. The first kappa shape index (κ1) is 26.6. The molecular weight excluding hydrogens is 493 g/mol. The highest BCUT2D eigenvalue weighted by molar-refractivity contribution is 14.0. The van der Waals surface area contributed by atoms with Crippen molar-refractivity contribution in [3.8, 4) is 0 Å². The number of guanidine groups is 1. The zero-order chi connectivity index (χ0) is 21.1. The highest BCUT2D eigenvalue weighted by Crippen LogP contribution is 2.08. The predicted molar refractivity (Wildman–Crippen MR) is 134 cm³/mol. The van der Waals surface area contributed by atoms with Gasteiger partial charge in [0.15, 0.2) is 5.96 Å². The summed E-state index contributed by atoms with van der Waals surface area (Å²) < 4.78 is 5.43. The summed E-state index contributed by atoms with van der Waals surface area (Å²) in [5.74, 6) is 0.761. The van der Waals surface area contributed by atoms with Crippen LogP contribution in [0.15, 0.2) is 29.3 Å². The summed E-state index contributed by atoms with van der Waals surface area (Å²) in [7, 11) is 0. The van der Waals surface area contributed by atoms with Gasteiger partial charge in [0.2, 0.25) is 0 Å². The van der Waals surface area contributed by atoms with Crippen LogP contribution < -0.4 is 16.0 Å². The molecule has 7 nitrogen and oxygen atoms in total. The van der Waals surface area contributed by atoms with Crippen LogP contribution >= 0.6 is 24.0 Å². The fraction of sp³-hybridized carbons (Fsp3) is 0.636. The van der Waals surface area contributed by atoms with Gasteiger partial charge in [-0.1, -0.05) is 19.1 Å². The van der Waals surface area contributed by atoms with E-state index in [4.69, 9.17) is 9.73 Å². The first-order valence-electron chi connectivity index (χ1n) is 10.8. The third-order valence-electron chi connectivity index (χ3n) is 5.18. The van der Waals surface area contributed by atoms with Gasteiger partial charge < -0.3 is 20.7 Å². The number of aliphatic imine (C=N–C) groups is 1. The van der Waals surface area contributed by atoms with Crippen LogP contribution in [-0.2, 0) is 11.3 Å². The molecule has 0 aromatic heterocycles. The van der Waals surface area contributed by atoms with Crippen LogP contribution in [0.3, 0.4) is 0 Å². The van der Waals surface area contributed by atoms with E-state index in [1.807, 2.05) is 31.2 Å². The molecule has 0 aliphatic carbocycles. The maximum absolute atomic E-state index is 12.3. The quantitative estimate of drug-likeness (QED) is 0.260. The second-order valence-corrected chi connectivity index (χ2v) is 7.56. The summed E-state index contributed by atoms with van der Waals surface area (Å²) in [6.45, 7) is 14.1. The molecule has 2 rings (SSSR count). The number of nitrogens with zero attached hydrogens (tertiary/aromatic N) is 2. The summed E-state index contributed by atoms with van der Waals surface area (Å²) in [5, 5.41) is 9.74. The molecule has 0 saturated carbocycles. The largest absolute Gasteiger partial charge is 0.379 e. The smallest absolute Gasteiger partial charge is 0.251 e. The van der Waals surface area contributed by atoms with E-state index in [1.54, 1.807) is 0 Å². The highest BCUT2D eigenvalue weighted by Gasteiger charge is 2.17. The number of hydrogen-bond donors (Lipinski definition) is 3. The Bertz CT molecular complexity index is 665. The van der Waals surface area contributed by atoms with Gasteiger partial charge in [0.05, 0.1) is 19.8 Å². The first-order chi connectivity index (χ1) is 14.0. The molecule has 170 valence electrons. The summed E-state index contributed by atoms with van der Waals surface area (Å²) in [4.78, 5) is 19.5. The average molecular weight is 531 g/mol. The lowest BCUT2D eigenvalue weighted by molar-refractivity contribution is 0.0211. The second-order valence-electron chi connectivity index (χ2n) is 7.56. The number of carbonyl (C=O) groups is 1. The topological polar surface area (TPSA) is 78.0 Å². The lowest BCUT2D eigenvalue weighted by atomic mass is 10.1. The van der Waals surface area contributed by atoms with Gasteiger partial charge in [0, 0.05) is 43.8 Å². The zero-order valence-corrected chi connectivity index (χ0v) is 21.1. The standard InChI is InChI=1S/C22H37N5O2.HI/c1-5-17(3)26-21(28)20-9-7-8-19(14-20)16-25-22(23-6-2)24-15-18(4)27-10-12-29-13-11-27;/h7-9,14,17-18H,5-6,10-13,15-16H2,1-4H3,(H,26,28)(H2,23,24,25);1H. The summed E-state index contributed by atoms with van der Waals surface area (Å²) in [5.41, 5.74) is 1.69. The SMILES string of the molecule is CCNC(=NCc1cccc(C(=O)NC(C)CC)c1)NCC(C)N1CCOCC1.I. The molecule has 1 fully saturated rings. The Balaban J connectivity index is 0.00000450. The van der Waals surface area contributed by atoms with E-state index in [1.165, 1.54) is 0 Å². The van der Waals surface area contributed by atoms with E-state index in [-0.39, 0.29) is 35.9 Å². The Morgan fingerprint density at radius 1 is 1.20 bits per heavy atom. The third kappa shape index (κ3) is 9.18. The van der Waals surface area contributed by atoms with Gasteiger partial charge in [-0.25, -0.2) is 4.99 Å². The molecule has 1 saturated heterocycles. The van der Waals surface area contributed by atoms with Crippen LogP contribution in [0.5, 0.6) is 0 Å². The molecule has 1 aromatic rings. The number of rotatable bonds is 9.